The van der Waals surface area contributed by atoms with Crippen molar-refractivity contribution in [1.82, 2.24) is 4.98 Å². The first-order chi connectivity index (χ1) is 12.3. The Kier molecular flexibility index (Phi) is 5.82. The third-order valence-electron chi connectivity index (χ3n) is 4.03. The number of nitrogens with one attached hydrogen (secondary N) is 1. The van der Waals surface area contributed by atoms with Gasteiger partial charge in [-0.05, 0) is 38.5 Å². The van der Waals surface area contributed by atoms with Crippen molar-refractivity contribution in [2.45, 2.75) is 20.8 Å². The number of aromatic nitrogens is 1. The Morgan fingerprint density at radius 3 is 2.04 bits per heavy atom. The largest absolute Gasteiger partial charge is 0.496 e. The summed E-state index contributed by atoms with van der Waals surface area (Å²) in [5, 5.41) is 0. The zero-order valence-electron chi connectivity index (χ0n) is 15.4. The molecule has 0 aliphatic heterocycles. The highest BCUT2D eigenvalue weighted by Crippen LogP contribution is 2.29. The lowest BCUT2D eigenvalue weighted by molar-refractivity contribution is 0.0467. The number of Topliss-reactive ketones (excluding diaryl/α,β-unsaturated/α-hetero) is 2. The predicted octanol–water partition coefficient (Wildman–Crippen LogP) is 2.89. The molecule has 2 aromatic rings. The molecule has 0 aliphatic carbocycles. The molecule has 0 fully saturated rings. The van der Waals surface area contributed by atoms with Gasteiger partial charge in [-0.2, -0.15) is 0 Å². The number of ether oxygens (including phenoxy) is 3. The van der Waals surface area contributed by atoms with Crippen LogP contribution in [0.15, 0.2) is 18.2 Å². The van der Waals surface area contributed by atoms with E-state index in [1.165, 1.54) is 21.1 Å². The van der Waals surface area contributed by atoms with E-state index in [0.717, 1.165) is 0 Å². The van der Waals surface area contributed by atoms with Crippen molar-refractivity contribution in [2.24, 2.45) is 0 Å². The van der Waals surface area contributed by atoms with Crippen molar-refractivity contribution in [3.05, 3.63) is 46.3 Å². The van der Waals surface area contributed by atoms with Crippen molar-refractivity contribution in [1.29, 1.82) is 0 Å². The number of aromatic amines is 1. The molecule has 1 aromatic carbocycles. The van der Waals surface area contributed by atoms with Gasteiger partial charge in [0.05, 0.1) is 19.9 Å². The number of methoxy groups -OCH3 is 2. The molecule has 2 rings (SSSR count). The fraction of sp³-hybridized carbons (Fsp3) is 0.316. The van der Waals surface area contributed by atoms with Crippen LogP contribution in [0.3, 0.4) is 0 Å². The Bertz CT molecular complexity index is 843. The van der Waals surface area contributed by atoms with Gasteiger partial charge >= 0.3 is 5.97 Å². The number of carbonyl (C=O) groups is 3. The quantitative estimate of drug-likeness (QED) is 0.603. The molecular formula is C19H21NO6. The number of hydrogen-bond acceptors (Lipinski definition) is 6. The molecule has 0 atom stereocenters. The van der Waals surface area contributed by atoms with E-state index in [2.05, 4.69) is 4.98 Å². The lowest BCUT2D eigenvalue weighted by atomic mass is 10.1. The fourth-order valence-corrected chi connectivity index (χ4v) is 2.88. The van der Waals surface area contributed by atoms with Crippen molar-refractivity contribution in [2.75, 3.05) is 20.8 Å². The summed E-state index contributed by atoms with van der Waals surface area (Å²) in [6, 6.07) is 4.87. The summed E-state index contributed by atoms with van der Waals surface area (Å²) in [5.74, 6) is -0.730. The van der Waals surface area contributed by atoms with Crippen LogP contribution in [0.25, 0.3) is 0 Å². The van der Waals surface area contributed by atoms with E-state index in [9.17, 15) is 14.4 Å². The van der Waals surface area contributed by atoms with Gasteiger partial charge in [0.25, 0.3) is 0 Å². The van der Waals surface area contributed by atoms with Crippen molar-refractivity contribution >= 4 is 17.5 Å². The van der Waals surface area contributed by atoms with E-state index in [4.69, 9.17) is 14.2 Å². The second-order valence-corrected chi connectivity index (χ2v) is 5.72. The molecule has 1 aromatic heterocycles. The van der Waals surface area contributed by atoms with Crippen molar-refractivity contribution in [3.63, 3.8) is 0 Å². The van der Waals surface area contributed by atoms with Gasteiger partial charge in [0.1, 0.15) is 17.1 Å². The maximum Gasteiger partial charge on any atom is 0.346 e. The molecule has 0 aliphatic rings. The summed E-state index contributed by atoms with van der Waals surface area (Å²) in [6.45, 7) is 4.36. The first kappa shape index (κ1) is 19.2. The van der Waals surface area contributed by atoms with E-state index >= 15 is 0 Å². The molecule has 0 unspecified atom stereocenters. The van der Waals surface area contributed by atoms with Crippen molar-refractivity contribution in [3.8, 4) is 11.5 Å². The summed E-state index contributed by atoms with van der Waals surface area (Å²) in [4.78, 5) is 39.4. The number of carbonyl (C=O) groups excluding carboxylic acids is 3. The van der Waals surface area contributed by atoms with E-state index in [1.54, 1.807) is 32.0 Å². The third kappa shape index (κ3) is 3.61. The zero-order chi connectivity index (χ0) is 19.4. The van der Waals surface area contributed by atoms with Gasteiger partial charge in [-0.1, -0.05) is 6.07 Å². The molecule has 7 heteroatoms. The highest BCUT2D eigenvalue weighted by atomic mass is 16.5. The topological polar surface area (TPSA) is 94.7 Å². The van der Waals surface area contributed by atoms with Gasteiger partial charge in [-0.25, -0.2) is 4.79 Å². The summed E-state index contributed by atoms with van der Waals surface area (Å²) in [7, 11) is 2.84. The SMILES string of the molecule is COc1cccc(OC)c1C(=O)OCC(=O)c1[nH]c(C)c(C(C)=O)c1C. The Morgan fingerprint density at radius 2 is 1.58 bits per heavy atom. The van der Waals surface area contributed by atoms with Crippen molar-refractivity contribution < 1.29 is 28.6 Å². The van der Waals surface area contributed by atoms with Gasteiger partial charge in [0, 0.05) is 11.3 Å². The van der Waals surface area contributed by atoms with Gasteiger partial charge in [-0.3, -0.25) is 9.59 Å². The number of benzene rings is 1. The molecule has 0 saturated carbocycles. The highest BCUT2D eigenvalue weighted by Gasteiger charge is 2.23. The van der Waals surface area contributed by atoms with Gasteiger partial charge in [-0.15, -0.1) is 0 Å². The van der Waals surface area contributed by atoms with Crippen LogP contribution in [0, 0.1) is 13.8 Å². The lowest BCUT2D eigenvalue weighted by Gasteiger charge is -2.12. The molecule has 0 amide bonds. The Labute approximate surface area is 151 Å². The fourth-order valence-electron chi connectivity index (χ4n) is 2.88. The third-order valence-corrected chi connectivity index (χ3v) is 4.03. The molecular weight excluding hydrogens is 338 g/mol. The van der Waals surface area contributed by atoms with Crippen LogP contribution < -0.4 is 9.47 Å². The number of ketones is 2. The second kappa shape index (κ2) is 7.86. The number of H-pyrrole nitrogens is 1. The van der Waals surface area contributed by atoms with E-state index in [0.29, 0.717) is 16.8 Å². The average molecular weight is 359 g/mol. The number of esters is 1. The minimum Gasteiger partial charge on any atom is -0.496 e. The number of aryl methyl sites for hydroxylation is 1. The molecule has 7 nitrogen and oxygen atoms in total. The first-order valence-electron chi connectivity index (χ1n) is 7.93. The first-order valence-corrected chi connectivity index (χ1v) is 7.93. The maximum atomic E-state index is 12.4. The minimum atomic E-state index is -0.736. The summed E-state index contributed by atoms with van der Waals surface area (Å²) >= 11 is 0. The zero-order valence-corrected chi connectivity index (χ0v) is 15.4. The molecule has 1 N–H and O–H groups in total. The molecule has 138 valence electrons. The summed E-state index contributed by atoms with van der Waals surface area (Å²) in [6.07, 6.45) is 0. The number of rotatable bonds is 7. The normalized spacial score (nSPS) is 10.3. The van der Waals surface area contributed by atoms with Crippen LogP contribution in [0.2, 0.25) is 0 Å². The minimum absolute atomic E-state index is 0.106. The van der Waals surface area contributed by atoms with Crippen LogP contribution in [-0.4, -0.2) is 43.3 Å². The predicted molar refractivity (Wildman–Crippen MR) is 94.4 cm³/mol. The van der Waals surface area contributed by atoms with Crippen LogP contribution >= 0.6 is 0 Å². The molecule has 26 heavy (non-hydrogen) atoms. The molecule has 0 bridgehead atoms. The summed E-state index contributed by atoms with van der Waals surface area (Å²) in [5.41, 5.74) is 2.00. The lowest BCUT2D eigenvalue weighted by Crippen LogP contribution is -2.16. The number of hydrogen-bond donors (Lipinski definition) is 1. The van der Waals surface area contributed by atoms with E-state index in [-0.39, 0.29) is 28.5 Å². The van der Waals surface area contributed by atoms with Crippen LogP contribution in [-0.2, 0) is 4.74 Å². The van der Waals surface area contributed by atoms with Crippen LogP contribution in [0.4, 0.5) is 0 Å². The van der Waals surface area contributed by atoms with Crippen LogP contribution in [0.5, 0.6) is 11.5 Å². The molecule has 0 spiro atoms. The summed E-state index contributed by atoms with van der Waals surface area (Å²) < 4.78 is 15.5. The Balaban J connectivity index is 2.20. The van der Waals surface area contributed by atoms with E-state index in [1.807, 2.05) is 0 Å². The van der Waals surface area contributed by atoms with Gasteiger partial charge < -0.3 is 19.2 Å². The molecule has 1 heterocycles. The molecule has 0 radical (unpaired) electrons. The standard InChI is InChI=1S/C19H21NO6/c1-10-16(12(3)21)11(2)20-18(10)13(22)9-26-19(23)17-14(24-4)7-6-8-15(17)25-5/h6-8,20H,9H2,1-5H3. The Morgan fingerprint density at radius 1 is 1.00 bits per heavy atom. The smallest absolute Gasteiger partial charge is 0.346 e. The average Bonchev–Trinajstić information content (AvgIpc) is 2.92. The molecule has 0 saturated heterocycles. The highest BCUT2D eigenvalue weighted by molar-refractivity contribution is 6.04. The van der Waals surface area contributed by atoms with E-state index < -0.39 is 18.4 Å². The second-order valence-electron chi connectivity index (χ2n) is 5.72. The monoisotopic (exact) mass is 359 g/mol. The Hall–Kier alpha value is -3.09. The maximum absolute atomic E-state index is 12.4. The van der Waals surface area contributed by atoms with Gasteiger partial charge in [0.15, 0.2) is 12.4 Å². The van der Waals surface area contributed by atoms with Crippen LogP contribution in [0.1, 0.15) is 49.4 Å². The van der Waals surface area contributed by atoms with Gasteiger partial charge in [0.2, 0.25) is 5.78 Å².